The van der Waals surface area contributed by atoms with Crippen LogP contribution in [-0.4, -0.2) is 44.6 Å². The molecule has 9 nitrogen and oxygen atoms in total. The quantitative estimate of drug-likeness (QED) is 0.396. The Morgan fingerprint density at radius 1 is 1.25 bits per heavy atom. The number of methoxy groups -OCH3 is 1. The largest absolute Gasteiger partial charge is 0.481 e. The molecule has 0 aliphatic carbocycles. The van der Waals surface area contributed by atoms with Crippen molar-refractivity contribution in [2.45, 2.75) is 44.7 Å². The lowest BCUT2D eigenvalue weighted by atomic mass is 9.94. The molecule has 1 aliphatic rings. The van der Waals surface area contributed by atoms with Crippen LogP contribution in [0.15, 0.2) is 52.3 Å². The molecule has 1 aromatic carbocycles. The Labute approximate surface area is 213 Å². The molecule has 2 atom stereocenters. The number of nitrogens with zero attached hydrogens (tertiary/aromatic N) is 5. The summed E-state index contributed by atoms with van der Waals surface area (Å²) in [7, 11) is 1.51. The van der Waals surface area contributed by atoms with Gasteiger partial charge in [-0.15, -0.1) is 21.5 Å². The van der Waals surface area contributed by atoms with Crippen LogP contribution in [0.5, 0.6) is 5.88 Å². The van der Waals surface area contributed by atoms with Gasteiger partial charge in [0.2, 0.25) is 11.8 Å². The number of rotatable bonds is 7. The molecule has 186 valence electrons. The molecular weight excluding hydrogens is 476 g/mol. The SMILES string of the molecule is COc1cc(C(=O)N2CCC[C@@H]2c2nc(C)cs2)cc(-c2nnc([C@](C)(N)Cc3ccccc3)o2)n1. The molecule has 3 aromatic heterocycles. The molecule has 0 bridgehead atoms. The number of hydrogen-bond donors (Lipinski definition) is 1. The Hall–Kier alpha value is -3.63. The number of pyridine rings is 1. The fourth-order valence-electron chi connectivity index (χ4n) is 4.45. The number of hydrogen-bond acceptors (Lipinski definition) is 9. The number of nitrogens with two attached hydrogens (primary N) is 1. The molecule has 4 aromatic rings. The summed E-state index contributed by atoms with van der Waals surface area (Å²) in [6, 6.07) is 13.1. The summed E-state index contributed by atoms with van der Waals surface area (Å²) in [4.78, 5) is 24.5. The van der Waals surface area contributed by atoms with Gasteiger partial charge in [0.15, 0.2) is 0 Å². The van der Waals surface area contributed by atoms with Crippen molar-refractivity contribution in [2.75, 3.05) is 13.7 Å². The maximum Gasteiger partial charge on any atom is 0.266 e. The van der Waals surface area contributed by atoms with E-state index in [1.807, 2.05) is 54.5 Å². The second-order valence-corrected chi connectivity index (χ2v) is 10.1. The molecule has 1 aliphatic heterocycles. The third-order valence-corrected chi connectivity index (χ3v) is 7.30. The van der Waals surface area contributed by atoms with Gasteiger partial charge in [-0.3, -0.25) is 4.79 Å². The van der Waals surface area contributed by atoms with E-state index in [9.17, 15) is 4.79 Å². The van der Waals surface area contributed by atoms with Gasteiger partial charge in [0.05, 0.1) is 18.7 Å². The van der Waals surface area contributed by atoms with Gasteiger partial charge in [-0.2, -0.15) is 0 Å². The second-order valence-electron chi connectivity index (χ2n) is 9.26. The molecule has 1 saturated heterocycles. The molecule has 2 N–H and O–H groups in total. The van der Waals surface area contributed by atoms with Crippen LogP contribution in [0.2, 0.25) is 0 Å². The lowest BCUT2D eigenvalue weighted by Gasteiger charge is -2.23. The van der Waals surface area contributed by atoms with Crippen molar-refractivity contribution >= 4 is 17.2 Å². The summed E-state index contributed by atoms with van der Waals surface area (Å²) in [6.07, 6.45) is 2.34. The van der Waals surface area contributed by atoms with E-state index in [2.05, 4.69) is 20.2 Å². The molecule has 1 amide bonds. The Morgan fingerprint density at radius 2 is 2.06 bits per heavy atom. The molecule has 0 unspecified atom stereocenters. The number of benzene rings is 1. The van der Waals surface area contributed by atoms with E-state index in [0.717, 1.165) is 29.1 Å². The number of thiazole rings is 1. The average molecular weight is 505 g/mol. The lowest BCUT2D eigenvalue weighted by molar-refractivity contribution is 0.0735. The standard InChI is InChI=1S/C26H28N6O3S/c1-16-15-36-23(28-16)20-10-7-11-32(20)24(33)18-12-19(29-21(13-18)34-3)22-30-31-25(35-22)26(2,27)14-17-8-5-4-6-9-17/h4-6,8-9,12-13,15,20H,7,10-11,14,27H2,1-3H3/t20-,26-/m1/s1. The number of aryl methyl sites for hydroxylation is 1. The molecule has 36 heavy (non-hydrogen) atoms. The van der Waals surface area contributed by atoms with Crippen molar-refractivity contribution in [2.24, 2.45) is 5.73 Å². The summed E-state index contributed by atoms with van der Waals surface area (Å²) < 4.78 is 11.4. The molecular formula is C26H28N6O3S. The summed E-state index contributed by atoms with van der Waals surface area (Å²) in [5.74, 6) is 0.643. The van der Waals surface area contributed by atoms with Gasteiger partial charge in [-0.1, -0.05) is 30.3 Å². The van der Waals surface area contributed by atoms with Crippen LogP contribution in [0.25, 0.3) is 11.6 Å². The topological polar surface area (TPSA) is 120 Å². The minimum atomic E-state index is -0.876. The molecule has 0 spiro atoms. The normalized spacial score (nSPS) is 17.2. The van der Waals surface area contributed by atoms with Crippen molar-refractivity contribution in [1.29, 1.82) is 0 Å². The van der Waals surface area contributed by atoms with Gasteiger partial charge >= 0.3 is 0 Å². The highest BCUT2D eigenvalue weighted by Crippen LogP contribution is 2.35. The van der Waals surface area contributed by atoms with E-state index in [0.29, 0.717) is 24.2 Å². The highest BCUT2D eigenvalue weighted by molar-refractivity contribution is 7.09. The zero-order valence-electron chi connectivity index (χ0n) is 20.5. The number of carbonyl (C=O) groups excluding carboxylic acids is 1. The van der Waals surface area contributed by atoms with Gasteiger partial charge in [0.1, 0.15) is 10.7 Å². The number of amides is 1. The monoisotopic (exact) mass is 504 g/mol. The first kappa shape index (κ1) is 24.1. The van der Waals surface area contributed by atoms with E-state index in [4.69, 9.17) is 14.9 Å². The zero-order valence-corrected chi connectivity index (χ0v) is 21.3. The van der Waals surface area contributed by atoms with E-state index in [1.165, 1.54) is 7.11 Å². The van der Waals surface area contributed by atoms with E-state index < -0.39 is 5.54 Å². The number of aromatic nitrogens is 4. The highest BCUT2D eigenvalue weighted by atomic mass is 32.1. The third-order valence-electron chi connectivity index (χ3n) is 6.24. The Kier molecular flexibility index (Phi) is 6.55. The summed E-state index contributed by atoms with van der Waals surface area (Å²) in [6.45, 7) is 4.48. The van der Waals surface area contributed by atoms with E-state index in [-0.39, 0.29) is 29.6 Å². The predicted molar refractivity (Wildman–Crippen MR) is 136 cm³/mol. The number of carbonyl (C=O) groups is 1. The Bertz CT molecular complexity index is 1370. The van der Waals surface area contributed by atoms with Crippen molar-refractivity contribution in [3.05, 3.63) is 75.6 Å². The minimum absolute atomic E-state index is 0.0373. The van der Waals surface area contributed by atoms with Gasteiger partial charge in [0, 0.05) is 29.2 Å². The van der Waals surface area contributed by atoms with Crippen molar-refractivity contribution in [1.82, 2.24) is 25.1 Å². The second kappa shape index (κ2) is 9.79. The van der Waals surface area contributed by atoms with Crippen LogP contribution < -0.4 is 10.5 Å². The van der Waals surface area contributed by atoms with Crippen LogP contribution >= 0.6 is 11.3 Å². The smallest absolute Gasteiger partial charge is 0.266 e. The number of likely N-dealkylation sites (tertiary alicyclic amines) is 1. The maximum atomic E-state index is 13.6. The third kappa shape index (κ3) is 4.87. The van der Waals surface area contributed by atoms with Crippen LogP contribution in [-0.2, 0) is 12.0 Å². The van der Waals surface area contributed by atoms with Gasteiger partial charge < -0.3 is 19.8 Å². The number of ether oxygens (including phenoxy) is 1. The molecule has 0 radical (unpaired) electrons. The maximum absolute atomic E-state index is 13.6. The van der Waals surface area contributed by atoms with Gasteiger partial charge in [-0.25, -0.2) is 9.97 Å². The minimum Gasteiger partial charge on any atom is -0.481 e. The van der Waals surface area contributed by atoms with E-state index >= 15 is 0 Å². The van der Waals surface area contributed by atoms with E-state index in [1.54, 1.807) is 23.5 Å². The molecule has 5 rings (SSSR count). The van der Waals surface area contributed by atoms with Crippen LogP contribution in [0.1, 0.15) is 58.3 Å². The predicted octanol–water partition coefficient (Wildman–Crippen LogP) is 4.30. The first-order chi connectivity index (χ1) is 17.3. The van der Waals surface area contributed by atoms with Crippen LogP contribution in [0.3, 0.4) is 0 Å². The molecule has 1 fully saturated rings. The zero-order chi connectivity index (χ0) is 25.3. The molecule has 0 saturated carbocycles. The Balaban J connectivity index is 1.42. The van der Waals surface area contributed by atoms with Crippen molar-refractivity contribution in [3.63, 3.8) is 0 Å². The first-order valence-electron chi connectivity index (χ1n) is 11.8. The Morgan fingerprint density at radius 3 is 2.78 bits per heavy atom. The average Bonchev–Trinajstić information content (AvgIpc) is 3.64. The highest BCUT2D eigenvalue weighted by Gasteiger charge is 2.34. The van der Waals surface area contributed by atoms with Gasteiger partial charge in [0.25, 0.3) is 11.8 Å². The summed E-state index contributed by atoms with van der Waals surface area (Å²) >= 11 is 1.59. The van der Waals surface area contributed by atoms with Gasteiger partial charge in [-0.05, 0) is 44.7 Å². The van der Waals surface area contributed by atoms with Crippen molar-refractivity contribution in [3.8, 4) is 17.5 Å². The lowest BCUT2D eigenvalue weighted by Crippen LogP contribution is -2.35. The first-order valence-corrected chi connectivity index (χ1v) is 12.7. The van der Waals surface area contributed by atoms with Crippen LogP contribution in [0.4, 0.5) is 0 Å². The summed E-state index contributed by atoms with van der Waals surface area (Å²) in [5, 5.41) is 11.4. The fourth-order valence-corrected chi connectivity index (χ4v) is 5.40. The van der Waals surface area contributed by atoms with Crippen molar-refractivity contribution < 1.29 is 13.9 Å². The molecule has 10 heteroatoms. The van der Waals surface area contributed by atoms with Crippen LogP contribution in [0, 0.1) is 6.92 Å². The fraction of sp³-hybridized carbons (Fsp3) is 0.346. The summed E-state index contributed by atoms with van der Waals surface area (Å²) in [5.41, 5.74) is 8.49. The molecule has 4 heterocycles.